The maximum atomic E-state index is 13.1. The summed E-state index contributed by atoms with van der Waals surface area (Å²) in [6, 6.07) is 5.51. The Hall–Kier alpha value is -1.95. The van der Waals surface area contributed by atoms with Crippen LogP contribution < -0.4 is 10.6 Å². The molecule has 0 bridgehead atoms. The lowest BCUT2D eigenvalue weighted by Gasteiger charge is -2.08. The van der Waals surface area contributed by atoms with Crippen molar-refractivity contribution >= 4 is 5.82 Å². The summed E-state index contributed by atoms with van der Waals surface area (Å²) in [6.07, 6.45) is 1.04. The third kappa shape index (κ3) is 2.73. The molecule has 1 aliphatic rings. The topological polar surface area (TPSA) is 52.7 Å². The Balaban J connectivity index is 1.79. The maximum absolute atomic E-state index is 13.1. The molecule has 1 aliphatic heterocycles. The molecule has 0 aliphatic carbocycles. The van der Waals surface area contributed by atoms with Crippen LogP contribution in [0, 0.1) is 11.6 Å². The lowest BCUT2D eigenvalue weighted by atomic mass is 10.1. The standard InChI is InChI=1S/C13H14F2N4/c14-9-3-8(4-10(15)5-9)12-6-13(19-18-12)17-11-1-2-16-7-11/h3-6,11,16H,1-2,7H2,(H2,17,18,19). The van der Waals surface area contributed by atoms with Crippen LogP contribution in [0.1, 0.15) is 6.42 Å². The summed E-state index contributed by atoms with van der Waals surface area (Å²) in [7, 11) is 0. The average molecular weight is 264 g/mol. The van der Waals surface area contributed by atoms with Gasteiger partial charge in [0.2, 0.25) is 0 Å². The van der Waals surface area contributed by atoms with Crippen molar-refractivity contribution in [2.45, 2.75) is 12.5 Å². The van der Waals surface area contributed by atoms with Crippen LogP contribution in [-0.2, 0) is 0 Å². The lowest BCUT2D eigenvalue weighted by Crippen LogP contribution is -2.22. The van der Waals surface area contributed by atoms with E-state index in [1.807, 2.05) is 0 Å². The SMILES string of the molecule is Fc1cc(F)cc(-c2cc(NC3CCNC3)n[nH]2)c1. The van der Waals surface area contributed by atoms with Gasteiger partial charge in [-0.1, -0.05) is 0 Å². The van der Waals surface area contributed by atoms with Gasteiger partial charge in [0, 0.05) is 30.3 Å². The first-order chi connectivity index (χ1) is 9.20. The van der Waals surface area contributed by atoms with Crippen LogP contribution in [-0.4, -0.2) is 29.3 Å². The van der Waals surface area contributed by atoms with E-state index in [0.717, 1.165) is 25.6 Å². The molecular weight excluding hydrogens is 250 g/mol. The first-order valence-corrected chi connectivity index (χ1v) is 6.20. The van der Waals surface area contributed by atoms with Gasteiger partial charge in [-0.25, -0.2) is 8.78 Å². The van der Waals surface area contributed by atoms with E-state index in [1.54, 1.807) is 6.07 Å². The largest absolute Gasteiger partial charge is 0.365 e. The molecule has 2 heterocycles. The number of halogens is 2. The molecule has 2 aromatic rings. The Bertz CT molecular complexity index is 556. The minimum atomic E-state index is -0.598. The maximum Gasteiger partial charge on any atom is 0.148 e. The molecule has 3 rings (SSSR count). The van der Waals surface area contributed by atoms with Gasteiger partial charge in [0.25, 0.3) is 0 Å². The highest BCUT2D eigenvalue weighted by Crippen LogP contribution is 2.22. The van der Waals surface area contributed by atoms with Crippen molar-refractivity contribution in [2.24, 2.45) is 0 Å². The molecular formula is C13H14F2N4. The smallest absolute Gasteiger partial charge is 0.148 e. The Labute approximate surface area is 109 Å². The van der Waals surface area contributed by atoms with E-state index >= 15 is 0 Å². The minimum Gasteiger partial charge on any atom is -0.365 e. The zero-order chi connectivity index (χ0) is 13.2. The van der Waals surface area contributed by atoms with E-state index in [-0.39, 0.29) is 0 Å². The molecule has 0 spiro atoms. The van der Waals surface area contributed by atoms with Crippen LogP contribution >= 0.6 is 0 Å². The summed E-state index contributed by atoms with van der Waals surface area (Å²) >= 11 is 0. The number of benzene rings is 1. The molecule has 1 aromatic heterocycles. The minimum absolute atomic E-state index is 0.348. The van der Waals surface area contributed by atoms with E-state index in [4.69, 9.17) is 0 Å². The number of rotatable bonds is 3. The monoisotopic (exact) mass is 264 g/mol. The van der Waals surface area contributed by atoms with Gasteiger partial charge < -0.3 is 10.6 Å². The van der Waals surface area contributed by atoms with Crippen LogP contribution in [0.2, 0.25) is 0 Å². The molecule has 0 radical (unpaired) electrons. The van der Waals surface area contributed by atoms with Crippen molar-refractivity contribution in [1.29, 1.82) is 0 Å². The fraction of sp³-hybridized carbons (Fsp3) is 0.308. The second-order valence-corrected chi connectivity index (χ2v) is 4.66. The van der Waals surface area contributed by atoms with Crippen molar-refractivity contribution in [3.05, 3.63) is 35.9 Å². The number of nitrogens with zero attached hydrogens (tertiary/aromatic N) is 1. The summed E-state index contributed by atoms with van der Waals surface area (Å²) in [5.74, 6) is -0.508. The normalized spacial score (nSPS) is 18.7. The summed E-state index contributed by atoms with van der Waals surface area (Å²) in [6.45, 7) is 1.89. The highest BCUT2D eigenvalue weighted by molar-refractivity contribution is 5.63. The van der Waals surface area contributed by atoms with E-state index in [1.165, 1.54) is 12.1 Å². The third-order valence-electron chi connectivity index (χ3n) is 3.16. The lowest BCUT2D eigenvalue weighted by molar-refractivity contribution is 0.584. The second kappa shape index (κ2) is 4.97. The number of aromatic amines is 1. The molecule has 1 fully saturated rings. The Morgan fingerprint density at radius 2 is 1.95 bits per heavy atom. The van der Waals surface area contributed by atoms with E-state index < -0.39 is 11.6 Å². The van der Waals surface area contributed by atoms with Gasteiger partial charge in [0.1, 0.15) is 17.5 Å². The Kier molecular flexibility index (Phi) is 3.16. The number of hydrogen-bond donors (Lipinski definition) is 3. The van der Waals surface area contributed by atoms with Gasteiger partial charge in [0.05, 0.1) is 5.69 Å². The molecule has 0 amide bonds. The Morgan fingerprint density at radius 3 is 2.63 bits per heavy atom. The van der Waals surface area contributed by atoms with Gasteiger partial charge in [-0.2, -0.15) is 5.10 Å². The zero-order valence-corrected chi connectivity index (χ0v) is 10.2. The molecule has 1 atom stereocenters. The molecule has 1 saturated heterocycles. The molecule has 100 valence electrons. The number of anilines is 1. The summed E-state index contributed by atoms with van der Waals surface area (Å²) in [4.78, 5) is 0. The van der Waals surface area contributed by atoms with Gasteiger partial charge in [0.15, 0.2) is 0 Å². The second-order valence-electron chi connectivity index (χ2n) is 4.66. The predicted molar refractivity (Wildman–Crippen MR) is 68.8 cm³/mol. The average Bonchev–Trinajstić information content (AvgIpc) is 2.99. The first-order valence-electron chi connectivity index (χ1n) is 6.20. The molecule has 19 heavy (non-hydrogen) atoms. The summed E-state index contributed by atoms with van der Waals surface area (Å²) in [5.41, 5.74) is 1.04. The molecule has 3 N–H and O–H groups in total. The first kappa shape index (κ1) is 12.1. The van der Waals surface area contributed by atoms with Crippen molar-refractivity contribution in [1.82, 2.24) is 15.5 Å². The number of hydrogen-bond acceptors (Lipinski definition) is 3. The third-order valence-corrected chi connectivity index (χ3v) is 3.16. The molecule has 1 unspecified atom stereocenters. The molecule has 1 aromatic carbocycles. The number of aromatic nitrogens is 2. The number of nitrogens with one attached hydrogen (secondary N) is 3. The van der Waals surface area contributed by atoms with Crippen molar-refractivity contribution in [3.63, 3.8) is 0 Å². The fourth-order valence-electron chi connectivity index (χ4n) is 2.24. The number of H-pyrrole nitrogens is 1. The van der Waals surface area contributed by atoms with Gasteiger partial charge >= 0.3 is 0 Å². The van der Waals surface area contributed by atoms with Crippen LogP contribution in [0.4, 0.5) is 14.6 Å². The van der Waals surface area contributed by atoms with E-state index in [9.17, 15) is 8.78 Å². The summed E-state index contributed by atoms with van der Waals surface area (Å²) < 4.78 is 26.3. The van der Waals surface area contributed by atoms with E-state index in [2.05, 4.69) is 20.8 Å². The van der Waals surface area contributed by atoms with Crippen molar-refractivity contribution in [3.8, 4) is 11.3 Å². The molecule has 0 saturated carbocycles. The van der Waals surface area contributed by atoms with Crippen LogP contribution in [0.15, 0.2) is 24.3 Å². The summed E-state index contributed by atoms with van der Waals surface area (Å²) in [5, 5.41) is 13.4. The van der Waals surface area contributed by atoms with Crippen LogP contribution in [0.5, 0.6) is 0 Å². The fourth-order valence-corrected chi connectivity index (χ4v) is 2.24. The van der Waals surface area contributed by atoms with Crippen molar-refractivity contribution < 1.29 is 8.78 Å². The zero-order valence-electron chi connectivity index (χ0n) is 10.2. The van der Waals surface area contributed by atoms with Gasteiger partial charge in [-0.05, 0) is 25.1 Å². The van der Waals surface area contributed by atoms with E-state index in [0.29, 0.717) is 23.1 Å². The molecule has 6 heteroatoms. The highest BCUT2D eigenvalue weighted by atomic mass is 19.1. The molecule has 4 nitrogen and oxygen atoms in total. The Morgan fingerprint density at radius 1 is 1.16 bits per heavy atom. The quantitative estimate of drug-likeness (QED) is 0.796. The van der Waals surface area contributed by atoms with Gasteiger partial charge in [-0.3, -0.25) is 5.10 Å². The highest BCUT2D eigenvalue weighted by Gasteiger charge is 2.15. The van der Waals surface area contributed by atoms with Crippen molar-refractivity contribution in [2.75, 3.05) is 18.4 Å². The van der Waals surface area contributed by atoms with Crippen LogP contribution in [0.3, 0.4) is 0 Å². The van der Waals surface area contributed by atoms with Gasteiger partial charge in [-0.15, -0.1) is 0 Å². The predicted octanol–water partition coefficient (Wildman–Crippen LogP) is 2.13. The van der Waals surface area contributed by atoms with Crippen LogP contribution in [0.25, 0.3) is 11.3 Å².